The summed E-state index contributed by atoms with van der Waals surface area (Å²) in [5.41, 5.74) is 5.77. The van der Waals surface area contributed by atoms with Crippen LogP contribution in [-0.4, -0.2) is 48.5 Å². The average molecular weight is 297 g/mol. The quantitative estimate of drug-likeness (QED) is 0.764. The molecule has 0 spiro atoms. The minimum Gasteiger partial charge on any atom is -0.382 e. The zero-order valence-corrected chi connectivity index (χ0v) is 12.9. The van der Waals surface area contributed by atoms with Gasteiger partial charge in [0.2, 0.25) is 0 Å². The molecule has 2 rings (SSSR count). The van der Waals surface area contributed by atoms with Gasteiger partial charge >= 0.3 is 0 Å². The molecule has 4 N–H and O–H groups in total. The second-order valence-corrected chi connectivity index (χ2v) is 6.07. The number of carbonyl (C=O) groups excluding carboxylic acids is 1. The second-order valence-electron chi connectivity index (χ2n) is 5.07. The number of likely N-dealkylation sites (tertiary alicyclic amines) is 1. The van der Waals surface area contributed by atoms with Gasteiger partial charge < -0.3 is 21.3 Å². The van der Waals surface area contributed by atoms with Crippen molar-refractivity contribution in [2.45, 2.75) is 32.2 Å². The van der Waals surface area contributed by atoms with E-state index in [1.807, 2.05) is 0 Å². The first-order valence-corrected chi connectivity index (χ1v) is 7.93. The Balaban J connectivity index is 1.87. The number of anilines is 2. The van der Waals surface area contributed by atoms with Crippen molar-refractivity contribution in [3.8, 4) is 0 Å². The highest BCUT2D eigenvalue weighted by atomic mass is 32.1. The Bertz CT molecular complexity index is 454. The van der Waals surface area contributed by atoms with E-state index in [0.717, 1.165) is 32.5 Å². The first-order valence-electron chi connectivity index (χ1n) is 7.11. The Kier molecular flexibility index (Phi) is 5.19. The minimum atomic E-state index is -0.101. The van der Waals surface area contributed by atoms with Crippen molar-refractivity contribution in [2.75, 3.05) is 37.7 Å². The zero-order valence-electron chi connectivity index (χ0n) is 12.1. The van der Waals surface area contributed by atoms with Gasteiger partial charge in [-0.15, -0.1) is 0 Å². The molecule has 1 aromatic rings. The molecule has 1 aliphatic rings. The van der Waals surface area contributed by atoms with Gasteiger partial charge in [0.1, 0.15) is 10.7 Å². The van der Waals surface area contributed by atoms with E-state index in [2.05, 4.69) is 27.4 Å². The van der Waals surface area contributed by atoms with Crippen LogP contribution in [0, 0.1) is 0 Å². The molecule has 0 aliphatic carbocycles. The van der Waals surface area contributed by atoms with Crippen molar-refractivity contribution in [3.63, 3.8) is 0 Å². The highest BCUT2D eigenvalue weighted by molar-refractivity contribution is 7.18. The Morgan fingerprint density at radius 3 is 2.75 bits per heavy atom. The number of nitrogens with one attached hydrogen (secondary N) is 2. The number of hydrogen-bond donors (Lipinski definition) is 3. The van der Waals surface area contributed by atoms with Crippen LogP contribution in [0.2, 0.25) is 0 Å². The van der Waals surface area contributed by atoms with Gasteiger partial charge in [-0.3, -0.25) is 4.79 Å². The number of hydrogen-bond acceptors (Lipinski definition) is 6. The molecule has 0 aromatic carbocycles. The van der Waals surface area contributed by atoms with E-state index in [-0.39, 0.29) is 11.9 Å². The molecule has 0 unspecified atom stereocenters. The molecule has 1 amide bonds. The highest BCUT2D eigenvalue weighted by Crippen LogP contribution is 2.24. The lowest BCUT2D eigenvalue weighted by molar-refractivity contribution is 0.0916. The third-order valence-corrected chi connectivity index (χ3v) is 4.62. The van der Waals surface area contributed by atoms with Gasteiger partial charge in [-0.25, -0.2) is 4.98 Å². The van der Waals surface area contributed by atoms with Crippen LogP contribution in [0.1, 0.15) is 35.9 Å². The monoisotopic (exact) mass is 297 g/mol. The van der Waals surface area contributed by atoms with Gasteiger partial charge in [0.25, 0.3) is 5.91 Å². The molecule has 0 bridgehead atoms. The summed E-state index contributed by atoms with van der Waals surface area (Å²) < 4.78 is 0. The number of nitrogens with zero attached hydrogens (tertiary/aromatic N) is 2. The Morgan fingerprint density at radius 2 is 2.20 bits per heavy atom. The largest absolute Gasteiger partial charge is 0.382 e. The van der Waals surface area contributed by atoms with Crippen LogP contribution >= 0.6 is 11.3 Å². The van der Waals surface area contributed by atoms with Gasteiger partial charge in [0, 0.05) is 26.2 Å². The van der Waals surface area contributed by atoms with E-state index < -0.39 is 0 Å². The van der Waals surface area contributed by atoms with Crippen molar-refractivity contribution in [2.24, 2.45) is 0 Å². The Hall–Kier alpha value is -1.34. The molecular formula is C13H23N5OS. The van der Waals surface area contributed by atoms with Crippen molar-refractivity contribution in [1.82, 2.24) is 15.2 Å². The van der Waals surface area contributed by atoms with Crippen LogP contribution < -0.4 is 16.4 Å². The van der Waals surface area contributed by atoms with Crippen LogP contribution in [-0.2, 0) is 0 Å². The van der Waals surface area contributed by atoms with Crippen LogP contribution in [0.5, 0.6) is 0 Å². The topological polar surface area (TPSA) is 83.3 Å². The maximum Gasteiger partial charge on any atom is 0.265 e. The number of amides is 1. The summed E-state index contributed by atoms with van der Waals surface area (Å²) in [5.74, 6) is 0.204. The lowest BCUT2D eigenvalue weighted by Crippen LogP contribution is -2.44. The third kappa shape index (κ3) is 3.61. The predicted molar refractivity (Wildman–Crippen MR) is 83.3 cm³/mol. The molecule has 0 saturated carbocycles. The van der Waals surface area contributed by atoms with Crippen LogP contribution in [0.15, 0.2) is 0 Å². The summed E-state index contributed by atoms with van der Waals surface area (Å²) in [4.78, 5) is 19.3. The number of carbonyl (C=O) groups is 1. The number of aromatic nitrogens is 1. The van der Waals surface area contributed by atoms with E-state index in [0.29, 0.717) is 15.8 Å². The van der Waals surface area contributed by atoms with Gasteiger partial charge in [-0.05, 0) is 25.8 Å². The number of nitrogens with two attached hydrogens (primary N) is 1. The fourth-order valence-corrected chi connectivity index (χ4v) is 3.21. The first kappa shape index (κ1) is 15.1. The van der Waals surface area contributed by atoms with Crippen molar-refractivity contribution >= 4 is 28.2 Å². The minimum absolute atomic E-state index is 0.101. The maximum absolute atomic E-state index is 12.2. The Morgan fingerprint density at radius 1 is 1.50 bits per heavy atom. The molecule has 112 valence electrons. The van der Waals surface area contributed by atoms with Gasteiger partial charge in [-0.2, -0.15) is 0 Å². The number of nitrogen functional groups attached to an aromatic ring is 1. The fourth-order valence-electron chi connectivity index (χ4n) is 2.47. The summed E-state index contributed by atoms with van der Waals surface area (Å²) in [6.07, 6.45) is 3.19. The first-order chi connectivity index (χ1) is 9.63. The van der Waals surface area contributed by atoms with Crippen molar-refractivity contribution in [3.05, 3.63) is 4.88 Å². The Labute approximate surface area is 123 Å². The number of piperidine rings is 1. The fraction of sp³-hybridized carbons (Fsp3) is 0.692. The summed E-state index contributed by atoms with van der Waals surface area (Å²) >= 11 is 1.30. The van der Waals surface area contributed by atoms with Crippen LogP contribution in [0.3, 0.4) is 0 Å². The summed E-state index contributed by atoms with van der Waals surface area (Å²) in [6, 6.07) is 0.246. The molecular weight excluding hydrogens is 274 g/mol. The van der Waals surface area contributed by atoms with Crippen molar-refractivity contribution in [1.29, 1.82) is 0 Å². The highest BCUT2D eigenvalue weighted by Gasteiger charge is 2.23. The molecule has 7 heteroatoms. The normalized spacial score (nSPS) is 17.1. The maximum atomic E-state index is 12.2. The van der Waals surface area contributed by atoms with Gasteiger partial charge in [0.05, 0.1) is 0 Å². The smallest absolute Gasteiger partial charge is 0.265 e. The molecule has 1 aliphatic heterocycles. The van der Waals surface area contributed by atoms with E-state index >= 15 is 0 Å². The van der Waals surface area contributed by atoms with Crippen LogP contribution in [0.4, 0.5) is 10.9 Å². The van der Waals surface area contributed by atoms with E-state index in [1.54, 1.807) is 7.05 Å². The average Bonchev–Trinajstić information content (AvgIpc) is 2.83. The van der Waals surface area contributed by atoms with Gasteiger partial charge in [0.15, 0.2) is 5.13 Å². The molecule has 2 heterocycles. The molecule has 1 fully saturated rings. The molecule has 1 aromatic heterocycles. The summed E-state index contributed by atoms with van der Waals surface area (Å²) in [5, 5.41) is 6.65. The van der Waals surface area contributed by atoms with E-state index in [9.17, 15) is 4.79 Å². The molecule has 6 nitrogen and oxygen atoms in total. The summed E-state index contributed by atoms with van der Waals surface area (Å²) in [6.45, 7) is 5.45. The SMILES string of the molecule is CCCN1CCC(NC(=O)c2sc(NC)nc2N)CC1. The van der Waals surface area contributed by atoms with Crippen molar-refractivity contribution < 1.29 is 4.79 Å². The standard InChI is InChI=1S/C13H23N5OS/c1-3-6-18-7-4-9(5-8-18)16-12(19)10-11(14)17-13(15-2)20-10/h9H,3-8,14H2,1-2H3,(H,15,17)(H,16,19). The number of thiazole rings is 1. The molecule has 0 atom stereocenters. The molecule has 20 heavy (non-hydrogen) atoms. The van der Waals surface area contributed by atoms with Gasteiger partial charge in [-0.1, -0.05) is 18.3 Å². The van der Waals surface area contributed by atoms with E-state index in [4.69, 9.17) is 5.73 Å². The second kappa shape index (κ2) is 6.90. The lowest BCUT2D eigenvalue weighted by Gasteiger charge is -2.31. The zero-order chi connectivity index (χ0) is 14.5. The number of rotatable bonds is 5. The third-order valence-electron chi connectivity index (χ3n) is 3.54. The predicted octanol–water partition coefficient (Wildman–Crippen LogP) is 1.37. The van der Waals surface area contributed by atoms with Crippen LogP contribution in [0.25, 0.3) is 0 Å². The van der Waals surface area contributed by atoms with E-state index in [1.165, 1.54) is 17.8 Å². The lowest BCUT2D eigenvalue weighted by atomic mass is 10.0. The molecule has 0 radical (unpaired) electrons. The molecule has 1 saturated heterocycles. The summed E-state index contributed by atoms with van der Waals surface area (Å²) in [7, 11) is 1.77.